The molecule has 0 spiro atoms. The van der Waals surface area contributed by atoms with Gasteiger partial charge < -0.3 is 5.11 Å². The number of hydrogen-bond acceptors (Lipinski definition) is 4. The number of hydrogen-bond donors (Lipinski definition) is 1. The molecule has 0 radical (unpaired) electrons. The summed E-state index contributed by atoms with van der Waals surface area (Å²) in [5.74, 6) is 0.120. The summed E-state index contributed by atoms with van der Waals surface area (Å²) in [6, 6.07) is 1.45. The first-order chi connectivity index (χ1) is 7.22. The molecule has 1 N–H and O–H groups in total. The lowest BCUT2D eigenvalue weighted by molar-refractivity contribution is -0.0350. The van der Waals surface area contributed by atoms with Crippen molar-refractivity contribution in [2.24, 2.45) is 0 Å². The average molecular weight is 211 g/mol. The summed E-state index contributed by atoms with van der Waals surface area (Å²) in [6.07, 6.45) is 6.39. The Hall–Kier alpha value is -1.23. The van der Waals surface area contributed by atoms with Crippen LogP contribution < -0.4 is 5.12 Å². The SMILES string of the molecule is OC1(N(F)c2ccncn2)CCCCC1. The van der Waals surface area contributed by atoms with Gasteiger partial charge in [-0.15, -0.1) is 0 Å². The van der Waals surface area contributed by atoms with E-state index in [9.17, 15) is 9.59 Å². The van der Waals surface area contributed by atoms with Crippen LogP contribution in [0.3, 0.4) is 0 Å². The van der Waals surface area contributed by atoms with Gasteiger partial charge in [-0.05, 0) is 25.7 Å². The summed E-state index contributed by atoms with van der Waals surface area (Å²) in [4.78, 5) is 7.49. The van der Waals surface area contributed by atoms with Crippen molar-refractivity contribution in [2.45, 2.75) is 37.8 Å². The summed E-state index contributed by atoms with van der Waals surface area (Å²) >= 11 is 0. The minimum atomic E-state index is -1.38. The van der Waals surface area contributed by atoms with Crippen LogP contribution in [0.1, 0.15) is 32.1 Å². The van der Waals surface area contributed by atoms with E-state index in [0.29, 0.717) is 18.0 Å². The van der Waals surface area contributed by atoms with Crippen LogP contribution >= 0.6 is 0 Å². The molecule has 0 amide bonds. The van der Waals surface area contributed by atoms with Crippen LogP contribution in [0.5, 0.6) is 0 Å². The average Bonchev–Trinajstić information content (AvgIpc) is 2.30. The van der Waals surface area contributed by atoms with Crippen molar-refractivity contribution in [2.75, 3.05) is 5.12 Å². The number of halogens is 1. The first kappa shape index (κ1) is 10.3. The number of anilines is 1. The second-order valence-corrected chi connectivity index (χ2v) is 3.89. The molecule has 4 nitrogen and oxygen atoms in total. The smallest absolute Gasteiger partial charge is 0.168 e. The fourth-order valence-corrected chi connectivity index (χ4v) is 1.93. The first-order valence-electron chi connectivity index (χ1n) is 5.17. The Morgan fingerprint density at radius 3 is 2.67 bits per heavy atom. The topological polar surface area (TPSA) is 49.2 Å². The molecule has 0 aromatic carbocycles. The molecule has 5 heteroatoms. The highest BCUT2D eigenvalue weighted by Gasteiger charge is 2.37. The Morgan fingerprint density at radius 1 is 1.33 bits per heavy atom. The summed E-state index contributed by atoms with van der Waals surface area (Å²) in [6.45, 7) is 0. The normalized spacial score (nSPS) is 19.9. The minimum Gasteiger partial charge on any atom is -0.368 e. The molecule has 0 saturated heterocycles. The quantitative estimate of drug-likeness (QED) is 0.598. The lowest BCUT2D eigenvalue weighted by Crippen LogP contribution is -2.46. The van der Waals surface area contributed by atoms with Gasteiger partial charge in [0.1, 0.15) is 6.33 Å². The lowest BCUT2D eigenvalue weighted by atomic mass is 9.91. The summed E-state index contributed by atoms with van der Waals surface area (Å²) in [5, 5.41) is 10.5. The van der Waals surface area contributed by atoms with Crippen molar-refractivity contribution < 1.29 is 9.59 Å². The zero-order valence-corrected chi connectivity index (χ0v) is 8.43. The molecule has 1 saturated carbocycles. The Balaban J connectivity index is 2.16. The summed E-state index contributed by atoms with van der Waals surface area (Å²) in [5.41, 5.74) is -1.38. The summed E-state index contributed by atoms with van der Waals surface area (Å²) < 4.78 is 13.9. The van der Waals surface area contributed by atoms with E-state index in [4.69, 9.17) is 0 Å². The zero-order valence-electron chi connectivity index (χ0n) is 8.43. The monoisotopic (exact) mass is 211 g/mol. The molecular formula is C10H14FN3O. The van der Waals surface area contributed by atoms with Gasteiger partial charge in [-0.2, -0.15) is 5.12 Å². The Bertz CT molecular complexity index is 314. The molecular weight excluding hydrogens is 197 g/mol. The molecule has 1 aromatic rings. The van der Waals surface area contributed by atoms with Crippen LogP contribution in [0.25, 0.3) is 0 Å². The highest BCUT2D eigenvalue weighted by atomic mass is 19.2. The molecule has 0 atom stereocenters. The van der Waals surface area contributed by atoms with Gasteiger partial charge in [-0.1, -0.05) is 10.9 Å². The maximum atomic E-state index is 13.9. The number of rotatable bonds is 2. The predicted octanol–water partition coefficient (Wildman–Crippen LogP) is 1.82. The number of aliphatic hydroxyl groups is 1. The lowest BCUT2D eigenvalue weighted by Gasteiger charge is -2.36. The van der Waals surface area contributed by atoms with E-state index >= 15 is 0 Å². The van der Waals surface area contributed by atoms with E-state index in [0.717, 1.165) is 19.3 Å². The molecule has 0 aliphatic heterocycles. The van der Waals surface area contributed by atoms with Crippen LogP contribution in [-0.2, 0) is 0 Å². The zero-order chi connectivity index (χ0) is 10.7. The number of aromatic nitrogens is 2. The van der Waals surface area contributed by atoms with E-state index in [1.165, 1.54) is 18.6 Å². The fraction of sp³-hybridized carbons (Fsp3) is 0.600. The van der Waals surface area contributed by atoms with Crippen molar-refractivity contribution >= 4 is 5.82 Å². The minimum absolute atomic E-state index is 0.120. The van der Waals surface area contributed by atoms with Crippen LogP contribution in [0.15, 0.2) is 18.6 Å². The predicted molar refractivity (Wildman–Crippen MR) is 53.7 cm³/mol. The Labute approximate surface area is 87.7 Å². The van der Waals surface area contributed by atoms with Crippen LogP contribution in [0, 0.1) is 0 Å². The van der Waals surface area contributed by atoms with E-state index < -0.39 is 5.72 Å². The summed E-state index contributed by atoms with van der Waals surface area (Å²) in [7, 11) is 0. The third kappa shape index (κ3) is 2.07. The van der Waals surface area contributed by atoms with Crippen LogP contribution in [0.4, 0.5) is 10.3 Å². The molecule has 1 fully saturated rings. The van der Waals surface area contributed by atoms with Gasteiger partial charge in [0.05, 0.1) is 0 Å². The van der Waals surface area contributed by atoms with Gasteiger partial charge in [0.2, 0.25) is 0 Å². The van der Waals surface area contributed by atoms with E-state index in [2.05, 4.69) is 9.97 Å². The van der Waals surface area contributed by atoms with Crippen molar-refractivity contribution in [3.8, 4) is 0 Å². The van der Waals surface area contributed by atoms with Gasteiger partial charge in [0, 0.05) is 12.3 Å². The highest BCUT2D eigenvalue weighted by molar-refractivity contribution is 5.35. The maximum absolute atomic E-state index is 13.9. The van der Waals surface area contributed by atoms with E-state index in [1.807, 2.05) is 0 Å². The van der Waals surface area contributed by atoms with Gasteiger partial charge >= 0.3 is 0 Å². The van der Waals surface area contributed by atoms with Gasteiger partial charge in [0.15, 0.2) is 11.5 Å². The van der Waals surface area contributed by atoms with Crippen LogP contribution in [-0.4, -0.2) is 20.8 Å². The van der Waals surface area contributed by atoms with Crippen molar-refractivity contribution in [3.63, 3.8) is 0 Å². The molecule has 1 aliphatic carbocycles. The second-order valence-electron chi connectivity index (χ2n) is 3.89. The third-order valence-corrected chi connectivity index (χ3v) is 2.79. The fourth-order valence-electron chi connectivity index (χ4n) is 1.93. The Kier molecular flexibility index (Phi) is 2.81. The van der Waals surface area contributed by atoms with Crippen molar-refractivity contribution in [3.05, 3.63) is 18.6 Å². The number of nitrogens with zero attached hydrogens (tertiary/aromatic N) is 3. The van der Waals surface area contributed by atoms with Gasteiger partial charge in [0.25, 0.3) is 0 Å². The molecule has 0 bridgehead atoms. The second kappa shape index (κ2) is 4.10. The molecule has 1 aliphatic rings. The standard InChI is InChI=1S/C10H14FN3O/c11-14(9-4-7-12-8-13-9)10(15)5-2-1-3-6-10/h4,7-8,15H,1-3,5-6H2. The molecule has 2 rings (SSSR count). The molecule has 1 aromatic heterocycles. The third-order valence-electron chi connectivity index (χ3n) is 2.79. The Morgan fingerprint density at radius 2 is 2.07 bits per heavy atom. The van der Waals surface area contributed by atoms with E-state index in [-0.39, 0.29) is 5.82 Å². The molecule has 1 heterocycles. The maximum Gasteiger partial charge on any atom is 0.168 e. The van der Waals surface area contributed by atoms with E-state index in [1.54, 1.807) is 0 Å². The van der Waals surface area contributed by atoms with Gasteiger partial charge in [-0.25, -0.2) is 9.97 Å². The molecule has 0 unspecified atom stereocenters. The van der Waals surface area contributed by atoms with Gasteiger partial charge in [-0.3, -0.25) is 0 Å². The molecule has 15 heavy (non-hydrogen) atoms. The molecule has 82 valence electrons. The highest BCUT2D eigenvalue weighted by Crippen LogP contribution is 2.33. The van der Waals surface area contributed by atoms with Crippen molar-refractivity contribution in [1.82, 2.24) is 9.97 Å². The largest absolute Gasteiger partial charge is 0.368 e. The van der Waals surface area contributed by atoms with Crippen molar-refractivity contribution in [1.29, 1.82) is 0 Å². The first-order valence-corrected chi connectivity index (χ1v) is 5.17. The van der Waals surface area contributed by atoms with Crippen LogP contribution in [0.2, 0.25) is 0 Å².